The van der Waals surface area contributed by atoms with Crippen LogP contribution >= 0.6 is 0 Å². The Morgan fingerprint density at radius 3 is 1.39 bits per heavy atom. The third kappa shape index (κ3) is 12.1. The number of carboxylic acids is 4. The summed E-state index contributed by atoms with van der Waals surface area (Å²) >= 11 is 0. The van der Waals surface area contributed by atoms with E-state index in [0.717, 1.165) is 5.56 Å². The molecule has 0 fully saturated rings. The van der Waals surface area contributed by atoms with Crippen LogP contribution in [0.15, 0.2) is 91.0 Å². The summed E-state index contributed by atoms with van der Waals surface area (Å²) in [6.07, 6.45) is 0. The zero-order valence-electron chi connectivity index (χ0n) is 28.5. The van der Waals surface area contributed by atoms with E-state index in [4.69, 9.17) is 21.2 Å². The minimum absolute atomic E-state index is 0. The van der Waals surface area contributed by atoms with Crippen molar-refractivity contribution >= 4 is 35.3 Å². The molecule has 276 valence electrons. The molecule has 0 spiro atoms. The van der Waals surface area contributed by atoms with E-state index in [2.05, 4.69) is 9.97 Å². The number of hydrogen-bond donors (Lipinski definition) is 6. The summed E-state index contributed by atoms with van der Waals surface area (Å²) in [6.45, 7) is -2.10. The van der Waals surface area contributed by atoms with E-state index in [9.17, 15) is 39.6 Å². The minimum atomic E-state index is -1.18. The molecule has 0 radical (unpaired) electrons. The number of nitrogen functional groups attached to an aromatic ring is 2. The minimum Gasteiger partial charge on any atom is -0.480 e. The maximum absolute atomic E-state index is 11.4. The molecule has 5 rings (SSSR count). The Balaban J connectivity index is 0.00000650. The standard InChI is InChI=1S/C37H35N7O9.Eu/c38-28-12-11-27(15-29(28)39)53-26-9-7-22(8-10-26)23-13-32(30-5-1-3-24(40-30)16-43(18-34(45)46)19-35(47)48)42-33(14-23)31-6-2-4-25(41-31)17-44(20-36(49)50)21-37(51)52;/h1-15H,16-21,38-39H2,(H,45,46)(H,47,48)(H,49,50)(H,51,52);/q;+3. The Bertz CT molecular complexity index is 2020. The van der Waals surface area contributed by atoms with E-state index in [1.165, 1.54) is 9.80 Å². The number of carbonyl (C=O) groups is 4. The molecule has 0 unspecified atom stereocenters. The van der Waals surface area contributed by atoms with Gasteiger partial charge in [-0.3, -0.25) is 29.0 Å². The van der Waals surface area contributed by atoms with Crippen molar-refractivity contribution in [2.75, 3.05) is 37.6 Å². The van der Waals surface area contributed by atoms with Crippen LogP contribution in [0.5, 0.6) is 11.5 Å². The molecule has 3 heterocycles. The molecule has 3 aromatic heterocycles. The second-order valence-corrected chi connectivity index (χ2v) is 11.9. The molecule has 0 saturated carbocycles. The first-order chi connectivity index (χ1) is 25.3. The molecule has 0 saturated heterocycles. The van der Waals surface area contributed by atoms with Gasteiger partial charge in [0.25, 0.3) is 0 Å². The summed E-state index contributed by atoms with van der Waals surface area (Å²) in [5.74, 6) is -3.68. The van der Waals surface area contributed by atoms with Crippen LogP contribution in [0.3, 0.4) is 0 Å². The molecule has 0 bridgehead atoms. The molecule has 54 heavy (non-hydrogen) atoms. The largest absolute Gasteiger partial charge is 3.00 e. The van der Waals surface area contributed by atoms with Crippen LogP contribution < -0.4 is 16.2 Å². The Labute approximate surface area is 349 Å². The van der Waals surface area contributed by atoms with Gasteiger partial charge in [0.2, 0.25) is 0 Å². The predicted octanol–water partition coefficient (Wildman–Crippen LogP) is 3.77. The van der Waals surface area contributed by atoms with E-state index in [1.54, 1.807) is 66.7 Å². The molecule has 0 aliphatic rings. The van der Waals surface area contributed by atoms with Gasteiger partial charge in [0.05, 0.1) is 71.7 Å². The number of aliphatic carboxylic acids is 4. The number of pyridine rings is 3. The van der Waals surface area contributed by atoms with E-state index in [1.807, 2.05) is 24.3 Å². The zero-order chi connectivity index (χ0) is 38.1. The summed E-state index contributed by atoms with van der Waals surface area (Å²) in [5.41, 5.74) is 16.6. The smallest absolute Gasteiger partial charge is 0.480 e. The Kier molecular flexibility index (Phi) is 14.7. The summed E-state index contributed by atoms with van der Waals surface area (Å²) in [6, 6.07) is 26.0. The Morgan fingerprint density at radius 2 is 0.963 bits per heavy atom. The average molecular weight is 874 g/mol. The van der Waals surface area contributed by atoms with Crippen LogP contribution in [-0.2, 0) is 32.3 Å². The SMILES string of the molecule is Nc1ccc(Oc2ccc(-c3cc(-c4cccc(CN(CC(=O)O)CC(=O)O)n4)nc(-c4cccc(CN(CC(=O)O)CC(=O)O)n4)c3)cc2)cc1N.[Eu+3]. The summed E-state index contributed by atoms with van der Waals surface area (Å²) in [4.78, 5) is 62.2. The second kappa shape index (κ2) is 19.1. The zero-order valence-corrected chi connectivity index (χ0v) is 30.9. The number of benzene rings is 2. The molecule has 0 amide bonds. The monoisotopic (exact) mass is 874 g/mol. The number of hydrogen-bond acceptors (Lipinski definition) is 12. The van der Waals surface area contributed by atoms with Crippen LogP contribution in [0.25, 0.3) is 33.9 Å². The van der Waals surface area contributed by atoms with Gasteiger partial charge in [-0.25, -0.2) is 15.0 Å². The summed E-state index contributed by atoms with van der Waals surface area (Å²) < 4.78 is 5.95. The molecular formula is C37H35EuN7O9+3. The van der Waals surface area contributed by atoms with Crippen molar-refractivity contribution in [3.63, 3.8) is 0 Å². The van der Waals surface area contributed by atoms with Crippen molar-refractivity contribution in [3.05, 3.63) is 102 Å². The number of aromatic nitrogens is 3. The quantitative estimate of drug-likeness (QED) is 0.0727. The van der Waals surface area contributed by atoms with Crippen LogP contribution in [0.1, 0.15) is 11.4 Å². The van der Waals surface area contributed by atoms with Crippen molar-refractivity contribution < 1.29 is 93.7 Å². The first-order valence-corrected chi connectivity index (χ1v) is 16.0. The molecule has 16 nitrogen and oxygen atoms in total. The van der Waals surface area contributed by atoms with E-state index < -0.39 is 50.1 Å². The van der Waals surface area contributed by atoms with E-state index in [0.29, 0.717) is 62.6 Å². The van der Waals surface area contributed by atoms with Crippen molar-refractivity contribution in [3.8, 4) is 45.4 Å². The average Bonchev–Trinajstić information content (AvgIpc) is 3.09. The number of anilines is 2. The molecule has 17 heteroatoms. The van der Waals surface area contributed by atoms with Crippen LogP contribution in [0.2, 0.25) is 0 Å². The third-order valence-corrected chi connectivity index (χ3v) is 7.65. The number of ether oxygens (including phenoxy) is 1. The van der Waals surface area contributed by atoms with Gasteiger partial charge in [0.15, 0.2) is 0 Å². The van der Waals surface area contributed by atoms with Crippen molar-refractivity contribution in [1.82, 2.24) is 24.8 Å². The van der Waals surface area contributed by atoms with Gasteiger partial charge < -0.3 is 36.6 Å². The van der Waals surface area contributed by atoms with E-state index in [-0.39, 0.29) is 62.5 Å². The topological polar surface area (TPSA) is 256 Å². The predicted molar refractivity (Wildman–Crippen MR) is 193 cm³/mol. The van der Waals surface area contributed by atoms with Crippen molar-refractivity contribution in [2.45, 2.75) is 13.1 Å². The van der Waals surface area contributed by atoms with Gasteiger partial charge >= 0.3 is 73.3 Å². The van der Waals surface area contributed by atoms with Crippen LogP contribution in [-0.4, -0.2) is 95.2 Å². The molecule has 0 aliphatic carbocycles. The second-order valence-electron chi connectivity index (χ2n) is 11.9. The van der Waals surface area contributed by atoms with Crippen LogP contribution in [0.4, 0.5) is 11.4 Å². The van der Waals surface area contributed by atoms with Gasteiger partial charge in [-0.05, 0) is 71.8 Å². The van der Waals surface area contributed by atoms with Crippen molar-refractivity contribution in [1.29, 1.82) is 0 Å². The number of nitrogens with two attached hydrogens (primary N) is 2. The first-order valence-electron chi connectivity index (χ1n) is 16.0. The number of nitrogens with zero attached hydrogens (tertiary/aromatic N) is 5. The Hall–Kier alpha value is -5.33. The van der Waals surface area contributed by atoms with Gasteiger partial charge in [0.1, 0.15) is 11.5 Å². The maximum Gasteiger partial charge on any atom is 3.00 e. The fraction of sp³-hybridized carbons (Fsp3) is 0.162. The molecule has 0 aliphatic heterocycles. The number of carboxylic acid groups (broad SMARTS) is 4. The van der Waals surface area contributed by atoms with Gasteiger partial charge in [-0.2, -0.15) is 0 Å². The fourth-order valence-corrected chi connectivity index (χ4v) is 5.41. The van der Waals surface area contributed by atoms with Crippen LogP contribution in [0, 0.1) is 49.4 Å². The number of rotatable bonds is 17. The first kappa shape index (κ1) is 41.4. The van der Waals surface area contributed by atoms with Crippen molar-refractivity contribution in [2.24, 2.45) is 0 Å². The van der Waals surface area contributed by atoms with Gasteiger partial charge in [-0.1, -0.05) is 24.3 Å². The Morgan fingerprint density at radius 1 is 0.519 bits per heavy atom. The van der Waals surface area contributed by atoms with Gasteiger partial charge in [-0.15, -0.1) is 0 Å². The summed E-state index contributed by atoms with van der Waals surface area (Å²) in [5, 5.41) is 37.2. The normalized spacial score (nSPS) is 10.9. The van der Waals surface area contributed by atoms with E-state index >= 15 is 0 Å². The fourth-order valence-electron chi connectivity index (χ4n) is 5.41. The third-order valence-electron chi connectivity index (χ3n) is 7.65. The molecule has 2 aromatic carbocycles. The molecule has 5 aromatic rings. The van der Waals surface area contributed by atoms with Gasteiger partial charge in [0, 0.05) is 19.2 Å². The summed E-state index contributed by atoms with van der Waals surface area (Å²) in [7, 11) is 0. The maximum atomic E-state index is 11.4. The molecule has 8 N–H and O–H groups in total. The molecule has 0 atom stereocenters. The molecular weight excluding hydrogens is 838 g/mol.